The zero-order valence-electron chi connectivity index (χ0n) is 9.67. The van der Waals surface area contributed by atoms with Crippen LogP contribution in [-0.2, 0) is 9.47 Å². The van der Waals surface area contributed by atoms with E-state index in [0.717, 1.165) is 0 Å². The van der Waals surface area contributed by atoms with Crippen LogP contribution in [0, 0.1) is 0 Å². The summed E-state index contributed by atoms with van der Waals surface area (Å²) in [6.07, 6.45) is 0.701. The van der Waals surface area contributed by atoms with Crippen LogP contribution in [-0.4, -0.2) is 43.2 Å². The van der Waals surface area contributed by atoms with E-state index in [1.165, 1.54) is 0 Å². The van der Waals surface area contributed by atoms with Gasteiger partial charge in [-0.15, -0.1) is 0 Å². The first-order chi connectivity index (χ1) is 6.39. The van der Waals surface area contributed by atoms with Crippen molar-refractivity contribution in [1.29, 1.82) is 0 Å². The fraction of sp³-hybridized carbons (Fsp3) is 1.00. The van der Waals surface area contributed by atoms with Gasteiger partial charge >= 0.3 is 0 Å². The van der Waals surface area contributed by atoms with Crippen molar-refractivity contribution in [1.82, 2.24) is 0 Å². The van der Waals surface area contributed by atoms with Gasteiger partial charge < -0.3 is 20.3 Å². The number of rotatable bonds is 7. The molecule has 0 aliphatic carbocycles. The Balaban J connectivity index is 4.23. The number of aliphatic hydroxyl groups excluding tert-OH is 1. The molecule has 0 aromatic heterocycles. The summed E-state index contributed by atoms with van der Waals surface area (Å²) in [6.45, 7) is 6.66. The second-order valence-electron chi connectivity index (χ2n) is 4.37. The van der Waals surface area contributed by atoms with Crippen LogP contribution in [0.4, 0.5) is 0 Å². The van der Waals surface area contributed by atoms with Crippen LogP contribution in [0.2, 0.25) is 0 Å². The molecular weight excluding hydrogens is 182 g/mol. The largest absolute Gasteiger partial charge is 0.394 e. The monoisotopic (exact) mass is 205 g/mol. The number of methoxy groups -OCH3 is 1. The topological polar surface area (TPSA) is 64.7 Å². The molecule has 0 aliphatic rings. The van der Waals surface area contributed by atoms with Gasteiger partial charge in [0.15, 0.2) is 0 Å². The summed E-state index contributed by atoms with van der Waals surface area (Å²) in [5, 5.41) is 8.68. The minimum atomic E-state index is -0.428. The average molecular weight is 205 g/mol. The quantitative estimate of drug-likeness (QED) is 0.636. The third kappa shape index (κ3) is 4.91. The molecule has 0 aromatic rings. The van der Waals surface area contributed by atoms with E-state index in [2.05, 4.69) is 0 Å². The highest BCUT2D eigenvalue weighted by Crippen LogP contribution is 2.25. The molecule has 0 fully saturated rings. The molecule has 0 spiro atoms. The van der Waals surface area contributed by atoms with E-state index < -0.39 is 5.60 Å². The molecule has 14 heavy (non-hydrogen) atoms. The van der Waals surface area contributed by atoms with Crippen molar-refractivity contribution in [3.05, 3.63) is 0 Å². The fourth-order valence-electron chi connectivity index (χ4n) is 1.45. The Morgan fingerprint density at radius 3 is 2.21 bits per heavy atom. The first kappa shape index (κ1) is 13.8. The Kier molecular flexibility index (Phi) is 5.59. The molecule has 1 unspecified atom stereocenters. The van der Waals surface area contributed by atoms with E-state index in [0.29, 0.717) is 19.6 Å². The van der Waals surface area contributed by atoms with E-state index in [9.17, 15) is 0 Å². The number of hydrogen-bond acceptors (Lipinski definition) is 4. The van der Waals surface area contributed by atoms with E-state index >= 15 is 0 Å². The van der Waals surface area contributed by atoms with Gasteiger partial charge in [-0.25, -0.2) is 0 Å². The minimum Gasteiger partial charge on any atom is -0.394 e. The highest BCUT2D eigenvalue weighted by Gasteiger charge is 2.32. The molecule has 0 saturated heterocycles. The zero-order chi connectivity index (χ0) is 11.2. The van der Waals surface area contributed by atoms with Gasteiger partial charge in [0.2, 0.25) is 0 Å². The van der Waals surface area contributed by atoms with Crippen LogP contribution < -0.4 is 5.73 Å². The Labute approximate surface area is 86.4 Å². The van der Waals surface area contributed by atoms with Crippen molar-refractivity contribution < 1.29 is 14.6 Å². The highest BCUT2D eigenvalue weighted by atomic mass is 16.5. The number of hydrogen-bond donors (Lipinski definition) is 2. The second-order valence-corrected chi connectivity index (χ2v) is 4.37. The van der Waals surface area contributed by atoms with Gasteiger partial charge in [0.25, 0.3) is 0 Å². The van der Waals surface area contributed by atoms with Gasteiger partial charge in [-0.05, 0) is 20.8 Å². The lowest BCUT2D eigenvalue weighted by Gasteiger charge is -2.35. The van der Waals surface area contributed by atoms with Crippen molar-refractivity contribution in [2.24, 2.45) is 5.73 Å². The number of ether oxygens (including phenoxy) is 2. The molecule has 0 bridgehead atoms. The molecule has 0 radical (unpaired) electrons. The lowest BCUT2D eigenvalue weighted by molar-refractivity contribution is -0.0975. The van der Waals surface area contributed by atoms with Crippen molar-refractivity contribution in [2.75, 3.05) is 26.9 Å². The second kappa shape index (κ2) is 5.66. The van der Waals surface area contributed by atoms with E-state index in [-0.39, 0.29) is 12.2 Å². The van der Waals surface area contributed by atoms with Crippen LogP contribution in [0.1, 0.15) is 27.2 Å². The molecule has 0 rings (SSSR count). The third-order valence-electron chi connectivity index (χ3n) is 2.33. The van der Waals surface area contributed by atoms with Crippen LogP contribution in [0.15, 0.2) is 0 Å². The average Bonchev–Trinajstić information content (AvgIpc) is 2.14. The Morgan fingerprint density at radius 2 is 1.86 bits per heavy atom. The third-order valence-corrected chi connectivity index (χ3v) is 2.33. The molecule has 0 aliphatic heterocycles. The van der Waals surface area contributed by atoms with Gasteiger partial charge in [-0.2, -0.15) is 0 Å². The van der Waals surface area contributed by atoms with E-state index in [4.69, 9.17) is 20.3 Å². The van der Waals surface area contributed by atoms with Gasteiger partial charge in [0.1, 0.15) is 0 Å². The fourth-order valence-corrected chi connectivity index (χ4v) is 1.45. The van der Waals surface area contributed by atoms with E-state index in [1.54, 1.807) is 7.11 Å². The smallest absolute Gasteiger partial charge is 0.0804 e. The van der Waals surface area contributed by atoms with Gasteiger partial charge in [-0.1, -0.05) is 0 Å². The summed E-state index contributed by atoms with van der Waals surface area (Å²) < 4.78 is 10.8. The summed E-state index contributed by atoms with van der Waals surface area (Å²) in [4.78, 5) is 0. The number of aliphatic hydroxyl groups is 1. The van der Waals surface area contributed by atoms with Crippen LogP contribution in [0.25, 0.3) is 0 Å². The lowest BCUT2D eigenvalue weighted by Crippen LogP contribution is -2.45. The summed E-state index contributed by atoms with van der Waals surface area (Å²) in [7, 11) is 1.67. The highest BCUT2D eigenvalue weighted by molar-refractivity contribution is 4.85. The normalized spacial score (nSPS) is 16.7. The molecule has 4 heteroatoms. The molecule has 3 N–H and O–H groups in total. The maximum Gasteiger partial charge on any atom is 0.0804 e. The first-order valence-corrected chi connectivity index (χ1v) is 4.89. The van der Waals surface area contributed by atoms with Gasteiger partial charge in [0.05, 0.1) is 24.4 Å². The molecule has 0 heterocycles. The summed E-state index contributed by atoms with van der Waals surface area (Å²) >= 11 is 0. The summed E-state index contributed by atoms with van der Waals surface area (Å²) in [5.41, 5.74) is 4.96. The van der Waals surface area contributed by atoms with Crippen molar-refractivity contribution in [3.63, 3.8) is 0 Å². The van der Waals surface area contributed by atoms with Crippen molar-refractivity contribution in [2.45, 2.75) is 38.4 Å². The first-order valence-electron chi connectivity index (χ1n) is 4.89. The SMILES string of the molecule is COC(C)(C)CC(C)(CN)OCCO. The van der Waals surface area contributed by atoms with Crippen molar-refractivity contribution >= 4 is 0 Å². The lowest BCUT2D eigenvalue weighted by atomic mass is 9.90. The zero-order valence-corrected chi connectivity index (χ0v) is 9.67. The minimum absolute atomic E-state index is 0.0169. The maximum atomic E-state index is 8.68. The molecule has 86 valence electrons. The summed E-state index contributed by atoms with van der Waals surface area (Å²) in [6, 6.07) is 0. The standard InChI is InChI=1S/C10H23NO3/c1-9(2,13-4)7-10(3,8-11)14-6-5-12/h12H,5-8,11H2,1-4H3. The van der Waals surface area contributed by atoms with Crippen molar-refractivity contribution in [3.8, 4) is 0 Å². The molecule has 4 nitrogen and oxygen atoms in total. The van der Waals surface area contributed by atoms with Crippen LogP contribution in [0.5, 0.6) is 0 Å². The molecule has 1 atom stereocenters. The molecule has 0 saturated carbocycles. The van der Waals surface area contributed by atoms with Crippen LogP contribution in [0.3, 0.4) is 0 Å². The maximum absolute atomic E-state index is 8.68. The summed E-state index contributed by atoms with van der Waals surface area (Å²) in [5.74, 6) is 0. The molecule has 0 aromatic carbocycles. The Hall–Kier alpha value is -0.160. The van der Waals surface area contributed by atoms with Gasteiger partial charge in [0, 0.05) is 20.1 Å². The predicted molar refractivity (Wildman–Crippen MR) is 56.2 cm³/mol. The number of nitrogens with two attached hydrogens (primary N) is 1. The molecular formula is C10H23NO3. The van der Waals surface area contributed by atoms with E-state index in [1.807, 2.05) is 20.8 Å². The Morgan fingerprint density at radius 1 is 1.29 bits per heavy atom. The van der Waals surface area contributed by atoms with Gasteiger partial charge in [-0.3, -0.25) is 0 Å². The Bertz CT molecular complexity index is 161. The van der Waals surface area contributed by atoms with Crippen LogP contribution >= 0.6 is 0 Å². The molecule has 0 amide bonds. The predicted octanol–water partition coefficient (Wildman–Crippen LogP) is 0.528.